The molecule has 1 aromatic rings. The minimum atomic E-state index is 0.206. The van der Waals surface area contributed by atoms with Crippen LogP contribution in [0.5, 0.6) is 5.75 Å². The van der Waals surface area contributed by atoms with Crippen LogP contribution in [0.4, 0.5) is 0 Å². The van der Waals surface area contributed by atoms with Crippen LogP contribution in [0.3, 0.4) is 0 Å². The molecule has 0 atom stereocenters. The predicted octanol–water partition coefficient (Wildman–Crippen LogP) is 2.94. The molecule has 112 valence electrons. The van der Waals surface area contributed by atoms with E-state index in [4.69, 9.17) is 4.74 Å². The van der Waals surface area contributed by atoms with Crippen LogP contribution in [0.1, 0.15) is 39.7 Å². The van der Waals surface area contributed by atoms with Gasteiger partial charge in [0.05, 0.1) is 12.6 Å². The van der Waals surface area contributed by atoms with E-state index in [0.29, 0.717) is 6.54 Å². The summed E-state index contributed by atoms with van der Waals surface area (Å²) in [6.45, 7) is 10.7. The molecule has 0 fully saturated rings. The first-order valence-corrected chi connectivity index (χ1v) is 7.43. The second kappa shape index (κ2) is 9.23. The maximum absolute atomic E-state index is 5.63. The van der Waals surface area contributed by atoms with Gasteiger partial charge in [0.1, 0.15) is 5.75 Å². The van der Waals surface area contributed by atoms with Crippen LogP contribution in [0.2, 0.25) is 0 Å². The van der Waals surface area contributed by atoms with Gasteiger partial charge in [-0.1, -0.05) is 19.1 Å². The summed E-state index contributed by atoms with van der Waals surface area (Å²) < 4.78 is 5.63. The standard InChI is InChI=1S/C16H27N3O/c1-5-11-18-16(17-6-2)19-12-14-7-9-15(10-8-14)20-13(3)4/h7-10,13H,5-6,11-12H2,1-4H3,(H2,17,18,19). The van der Waals surface area contributed by atoms with Gasteiger partial charge in [-0.05, 0) is 44.9 Å². The summed E-state index contributed by atoms with van der Waals surface area (Å²) in [5.74, 6) is 1.78. The maximum atomic E-state index is 5.63. The lowest BCUT2D eigenvalue weighted by atomic mass is 10.2. The van der Waals surface area contributed by atoms with E-state index in [-0.39, 0.29) is 6.10 Å². The second-order valence-electron chi connectivity index (χ2n) is 4.93. The largest absolute Gasteiger partial charge is 0.491 e. The van der Waals surface area contributed by atoms with Crippen LogP contribution in [-0.2, 0) is 6.54 Å². The van der Waals surface area contributed by atoms with Crippen molar-refractivity contribution in [1.82, 2.24) is 10.6 Å². The Morgan fingerprint density at radius 2 is 1.85 bits per heavy atom. The smallest absolute Gasteiger partial charge is 0.191 e. The molecule has 0 aliphatic rings. The van der Waals surface area contributed by atoms with Gasteiger partial charge in [-0.2, -0.15) is 0 Å². The molecular formula is C16H27N3O. The number of nitrogens with one attached hydrogen (secondary N) is 2. The molecule has 0 saturated carbocycles. The molecule has 1 rings (SSSR count). The Morgan fingerprint density at radius 3 is 2.40 bits per heavy atom. The summed E-state index contributed by atoms with van der Waals surface area (Å²) in [5.41, 5.74) is 1.18. The highest BCUT2D eigenvalue weighted by atomic mass is 16.5. The van der Waals surface area contributed by atoms with Crippen LogP contribution < -0.4 is 15.4 Å². The fraction of sp³-hybridized carbons (Fsp3) is 0.562. The number of benzene rings is 1. The van der Waals surface area contributed by atoms with Gasteiger partial charge >= 0.3 is 0 Å². The number of hydrogen-bond donors (Lipinski definition) is 2. The van der Waals surface area contributed by atoms with Gasteiger partial charge in [0.25, 0.3) is 0 Å². The van der Waals surface area contributed by atoms with E-state index in [1.807, 2.05) is 26.0 Å². The Balaban J connectivity index is 2.57. The summed E-state index contributed by atoms with van der Waals surface area (Å²) >= 11 is 0. The fourth-order valence-corrected chi connectivity index (χ4v) is 1.70. The summed E-state index contributed by atoms with van der Waals surface area (Å²) in [4.78, 5) is 4.57. The molecule has 0 spiro atoms. The van der Waals surface area contributed by atoms with Crippen molar-refractivity contribution < 1.29 is 4.74 Å². The molecule has 4 heteroatoms. The van der Waals surface area contributed by atoms with Gasteiger partial charge < -0.3 is 15.4 Å². The molecule has 0 unspecified atom stereocenters. The third kappa shape index (κ3) is 6.45. The Hall–Kier alpha value is -1.71. The minimum absolute atomic E-state index is 0.206. The highest BCUT2D eigenvalue weighted by molar-refractivity contribution is 5.79. The highest BCUT2D eigenvalue weighted by Crippen LogP contribution is 2.14. The Labute approximate surface area is 122 Å². The lowest BCUT2D eigenvalue weighted by Crippen LogP contribution is -2.37. The van der Waals surface area contributed by atoms with Crippen molar-refractivity contribution in [2.75, 3.05) is 13.1 Å². The zero-order valence-electron chi connectivity index (χ0n) is 13.1. The number of aliphatic imine (C=N–C) groups is 1. The van der Waals surface area contributed by atoms with Crippen LogP contribution in [-0.4, -0.2) is 25.2 Å². The molecule has 0 bridgehead atoms. The number of ether oxygens (including phenoxy) is 1. The summed E-state index contributed by atoms with van der Waals surface area (Å²) in [6, 6.07) is 8.11. The van der Waals surface area contributed by atoms with E-state index < -0.39 is 0 Å². The maximum Gasteiger partial charge on any atom is 0.191 e. The zero-order valence-corrected chi connectivity index (χ0v) is 13.1. The Bertz CT molecular complexity index is 399. The average molecular weight is 277 g/mol. The number of guanidine groups is 1. The molecule has 0 radical (unpaired) electrons. The van der Waals surface area contributed by atoms with Gasteiger partial charge in [0, 0.05) is 13.1 Å². The monoisotopic (exact) mass is 277 g/mol. The van der Waals surface area contributed by atoms with E-state index in [2.05, 4.69) is 41.6 Å². The lowest BCUT2D eigenvalue weighted by molar-refractivity contribution is 0.242. The topological polar surface area (TPSA) is 45.7 Å². The molecule has 0 aliphatic carbocycles. The van der Waals surface area contributed by atoms with Crippen LogP contribution in [0.25, 0.3) is 0 Å². The normalized spacial score (nSPS) is 11.6. The van der Waals surface area contributed by atoms with Gasteiger partial charge in [-0.25, -0.2) is 4.99 Å². The molecule has 0 saturated heterocycles. The Kier molecular flexibility index (Phi) is 7.55. The summed E-state index contributed by atoms with van der Waals surface area (Å²) in [5, 5.41) is 6.53. The number of nitrogens with zero attached hydrogens (tertiary/aromatic N) is 1. The van der Waals surface area contributed by atoms with Crippen molar-refractivity contribution in [3.05, 3.63) is 29.8 Å². The molecular weight excluding hydrogens is 250 g/mol. The molecule has 0 heterocycles. The van der Waals surface area contributed by atoms with Crippen molar-refractivity contribution in [3.8, 4) is 5.75 Å². The van der Waals surface area contributed by atoms with Gasteiger partial charge in [0.15, 0.2) is 5.96 Å². The zero-order chi connectivity index (χ0) is 14.8. The average Bonchev–Trinajstić information content (AvgIpc) is 2.43. The molecule has 4 nitrogen and oxygen atoms in total. The first-order valence-electron chi connectivity index (χ1n) is 7.43. The molecule has 0 aromatic heterocycles. The van der Waals surface area contributed by atoms with E-state index in [0.717, 1.165) is 31.2 Å². The SMILES string of the molecule is CCCNC(=NCc1ccc(OC(C)C)cc1)NCC. The lowest BCUT2D eigenvalue weighted by Gasteiger charge is -2.11. The van der Waals surface area contributed by atoms with Crippen LogP contribution in [0.15, 0.2) is 29.3 Å². The number of rotatable bonds is 7. The van der Waals surface area contributed by atoms with Crippen LogP contribution in [0, 0.1) is 0 Å². The quantitative estimate of drug-likeness (QED) is 0.595. The summed E-state index contributed by atoms with van der Waals surface area (Å²) in [7, 11) is 0. The van der Waals surface area contributed by atoms with Crippen LogP contribution >= 0.6 is 0 Å². The van der Waals surface area contributed by atoms with Gasteiger partial charge in [-0.3, -0.25) is 0 Å². The van der Waals surface area contributed by atoms with Crippen molar-refractivity contribution >= 4 is 5.96 Å². The van der Waals surface area contributed by atoms with E-state index >= 15 is 0 Å². The summed E-state index contributed by atoms with van der Waals surface area (Å²) in [6.07, 6.45) is 1.29. The highest BCUT2D eigenvalue weighted by Gasteiger charge is 1.99. The van der Waals surface area contributed by atoms with E-state index in [9.17, 15) is 0 Å². The van der Waals surface area contributed by atoms with Crippen molar-refractivity contribution in [2.45, 2.75) is 46.8 Å². The Morgan fingerprint density at radius 1 is 1.15 bits per heavy atom. The third-order valence-electron chi connectivity index (χ3n) is 2.60. The molecule has 20 heavy (non-hydrogen) atoms. The van der Waals surface area contributed by atoms with E-state index in [1.54, 1.807) is 0 Å². The molecule has 0 amide bonds. The molecule has 2 N–H and O–H groups in total. The first-order chi connectivity index (χ1) is 9.65. The third-order valence-corrected chi connectivity index (χ3v) is 2.60. The second-order valence-corrected chi connectivity index (χ2v) is 4.93. The van der Waals surface area contributed by atoms with Gasteiger partial charge in [0.2, 0.25) is 0 Å². The van der Waals surface area contributed by atoms with E-state index in [1.165, 1.54) is 5.56 Å². The fourth-order valence-electron chi connectivity index (χ4n) is 1.70. The minimum Gasteiger partial charge on any atom is -0.491 e. The van der Waals surface area contributed by atoms with Crippen molar-refractivity contribution in [2.24, 2.45) is 4.99 Å². The van der Waals surface area contributed by atoms with Crippen molar-refractivity contribution in [1.29, 1.82) is 0 Å². The number of hydrogen-bond acceptors (Lipinski definition) is 2. The van der Waals surface area contributed by atoms with Gasteiger partial charge in [-0.15, -0.1) is 0 Å². The molecule has 0 aliphatic heterocycles. The first kappa shape index (κ1) is 16.3. The predicted molar refractivity (Wildman–Crippen MR) is 85.3 cm³/mol. The molecule has 1 aromatic carbocycles. The van der Waals surface area contributed by atoms with Crippen molar-refractivity contribution in [3.63, 3.8) is 0 Å².